The summed E-state index contributed by atoms with van der Waals surface area (Å²) in [6, 6.07) is 14.8. The Labute approximate surface area is 125 Å². The molecule has 0 amide bonds. The van der Waals surface area contributed by atoms with E-state index in [-0.39, 0.29) is 12.6 Å². The number of ether oxygens (including phenoxy) is 1. The maximum Gasteiger partial charge on any atom is 0.338 e. The fourth-order valence-corrected chi connectivity index (χ4v) is 3.04. The lowest BCUT2D eigenvalue weighted by Crippen LogP contribution is -2.11. The Hall–Kier alpha value is -2.17. The van der Waals surface area contributed by atoms with E-state index in [1.165, 1.54) is 0 Å². The molecule has 0 radical (unpaired) electrons. The van der Waals surface area contributed by atoms with E-state index >= 15 is 0 Å². The summed E-state index contributed by atoms with van der Waals surface area (Å²) >= 11 is 0. The van der Waals surface area contributed by atoms with Gasteiger partial charge in [-0.3, -0.25) is 0 Å². The minimum Gasteiger partial charge on any atom is -0.457 e. The third-order valence-electron chi connectivity index (χ3n) is 3.17. The summed E-state index contributed by atoms with van der Waals surface area (Å²) in [4.78, 5) is 12.1. The van der Waals surface area contributed by atoms with Gasteiger partial charge < -0.3 is 9.29 Å². The van der Waals surface area contributed by atoms with E-state index in [0.717, 1.165) is 15.3 Å². The molecule has 0 bridgehead atoms. The number of allylic oxidation sites excluding steroid dienone is 1. The molecule has 1 aliphatic rings. The topological polar surface area (TPSA) is 46.5 Å². The molecule has 0 saturated carbocycles. The van der Waals surface area contributed by atoms with Crippen LogP contribution in [0.3, 0.4) is 0 Å². The molecular formula is C17H14O3S. The first kappa shape index (κ1) is 13.8. The van der Waals surface area contributed by atoms with Crippen molar-refractivity contribution in [2.75, 3.05) is 0 Å². The first-order valence-electron chi connectivity index (χ1n) is 6.53. The van der Waals surface area contributed by atoms with Gasteiger partial charge in [0.15, 0.2) is 0 Å². The fourth-order valence-electron chi connectivity index (χ4n) is 2.09. The highest BCUT2D eigenvalue weighted by atomic mass is 32.2. The predicted molar refractivity (Wildman–Crippen MR) is 84.3 cm³/mol. The van der Waals surface area contributed by atoms with Gasteiger partial charge in [0.05, 0.1) is 5.56 Å². The summed E-state index contributed by atoms with van der Waals surface area (Å²) in [5.74, 6) is -0.359. The normalized spacial score (nSPS) is 16.0. The molecule has 1 unspecified atom stereocenters. The summed E-state index contributed by atoms with van der Waals surface area (Å²) in [6.07, 6.45) is 3.67. The van der Waals surface area contributed by atoms with Gasteiger partial charge in [-0.05, 0) is 45.2 Å². The predicted octanol–water partition coefficient (Wildman–Crippen LogP) is 3.34. The van der Waals surface area contributed by atoms with Gasteiger partial charge in [0.2, 0.25) is 0 Å². The molecule has 2 aromatic carbocycles. The van der Waals surface area contributed by atoms with E-state index in [1.54, 1.807) is 29.7 Å². The third-order valence-corrected chi connectivity index (χ3v) is 4.40. The molecule has 106 valence electrons. The summed E-state index contributed by atoms with van der Waals surface area (Å²) in [6.45, 7) is 0.255. The Morgan fingerprint density at radius 3 is 2.76 bits per heavy atom. The highest BCUT2D eigenvalue weighted by molar-refractivity contribution is 8.07. The van der Waals surface area contributed by atoms with E-state index in [9.17, 15) is 9.35 Å². The smallest absolute Gasteiger partial charge is 0.338 e. The largest absolute Gasteiger partial charge is 0.457 e. The van der Waals surface area contributed by atoms with Gasteiger partial charge in [-0.15, -0.1) is 0 Å². The minimum absolute atomic E-state index is 0.255. The van der Waals surface area contributed by atoms with E-state index < -0.39 is 10.8 Å². The molecule has 2 aromatic rings. The third kappa shape index (κ3) is 3.12. The van der Waals surface area contributed by atoms with Gasteiger partial charge in [0.25, 0.3) is 0 Å². The summed E-state index contributed by atoms with van der Waals surface area (Å²) in [5.41, 5.74) is 1.45. The fraction of sp³-hybridized carbons (Fsp3) is 0.0588. The molecule has 1 heterocycles. The molecule has 3 nitrogen and oxygen atoms in total. The van der Waals surface area contributed by atoms with Crippen molar-refractivity contribution in [3.8, 4) is 0 Å². The second-order valence-electron chi connectivity index (χ2n) is 4.62. The van der Waals surface area contributed by atoms with Crippen molar-refractivity contribution in [2.45, 2.75) is 6.61 Å². The van der Waals surface area contributed by atoms with Crippen LogP contribution in [0.5, 0.6) is 0 Å². The van der Waals surface area contributed by atoms with Crippen molar-refractivity contribution in [1.29, 1.82) is 0 Å². The zero-order valence-corrected chi connectivity index (χ0v) is 12.0. The highest BCUT2D eigenvalue weighted by Crippen LogP contribution is 2.15. The van der Waals surface area contributed by atoms with Gasteiger partial charge in [0.1, 0.15) is 6.61 Å². The van der Waals surface area contributed by atoms with Crippen LogP contribution in [-0.2, 0) is 11.3 Å². The number of hydrogen-bond acceptors (Lipinski definition) is 3. The SMILES string of the molecule is O=C(OCc1ccccc1)c1ccc2c(c1)=CC=CS=2O. The van der Waals surface area contributed by atoms with Crippen molar-refractivity contribution in [1.82, 2.24) is 0 Å². The average molecular weight is 298 g/mol. The van der Waals surface area contributed by atoms with Crippen LogP contribution in [0.25, 0.3) is 6.08 Å². The second-order valence-corrected chi connectivity index (χ2v) is 5.97. The Kier molecular flexibility index (Phi) is 3.99. The lowest BCUT2D eigenvalue weighted by atomic mass is 10.2. The number of rotatable bonds is 3. The Bertz CT molecular complexity index is 823. The molecule has 1 N–H and O–H groups in total. The van der Waals surface area contributed by atoms with Gasteiger partial charge in [0, 0.05) is 4.51 Å². The van der Waals surface area contributed by atoms with Gasteiger partial charge in [-0.2, -0.15) is 0 Å². The van der Waals surface area contributed by atoms with E-state index in [0.29, 0.717) is 5.56 Å². The Morgan fingerprint density at radius 2 is 1.95 bits per heavy atom. The minimum atomic E-state index is -0.884. The van der Waals surface area contributed by atoms with Gasteiger partial charge >= 0.3 is 5.97 Å². The van der Waals surface area contributed by atoms with Crippen molar-refractivity contribution in [3.63, 3.8) is 0 Å². The number of esters is 1. The zero-order valence-electron chi connectivity index (χ0n) is 11.2. The molecule has 1 aliphatic heterocycles. The van der Waals surface area contributed by atoms with Crippen LogP contribution in [0.15, 0.2) is 60.0 Å². The van der Waals surface area contributed by atoms with Crippen LogP contribution in [0.2, 0.25) is 0 Å². The monoisotopic (exact) mass is 298 g/mol. The van der Waals surface area contributed by atoms with Crippen LogP contribution in [0.4, 0.5) is 0 Å². The Balaban J connectivity index is 1.80. The standard InChI is InChI=1S/C17H14O3S/c18-17(20-12-13-5-2-1-3-6-13)15-8-9-16-14(11-15)7-4-10-21(16)19/h1-11,19H,12H2. The number of hydrogen-bond donors (Lipinski definition) is 1. The molecule has 4 heteroatoms. The van der Waals surface area contributed by atoms with Crippen molar-refractivity contribution < 1.29 is 14.1 Å². The molecular weight excluding hydrogens is 284 g/mol. The second kappa shape index (κ2) is 6.08. The van der Waals surface area contributed by atoms with Crippen LogP contribution in [-0.4, -0.2) is 10.5 Å². The number of benzene rings is 2. The maximum atomic E-state index is 12.1. The molecule has 0 aromatic heterocycles. The molecule has 0 spiro atoms. The molecule has 0 aliphatic carbocycles. The number of fused-ring (bicyclic) bond motifs is 1. The van der Waals surface area contributed by atoms with E-state index in [2.05, 4.69) is 0 Å². The molecule has 21 heavy (non-hydrogen) atoms. The van der Waals surface area contributed by atoms with Gasteiger partial charge in [-0.25, -0.2) is 4.79 Å². The average Bonchev–Trinajstić information content (AvgIpc) is 2.53. The Morgan fingerprint density at radius 1 is 1.14 bits per heavy atom. The highest BCUT2D eigenvalue weighted by Gasteiger charge is 2.08. The summed E-state index contributed by atoms with van der Waals surface area (Å²) < 4.78 is 16.0. The lowest BCUT2D eigenvalue weighted by molar-refractivity contribution is 0.0472. The molecule has 0 fully saturated rings. The summed E-state index contributed by atoms with van der Waals surface area (Å²) in [7, 11) is -0.884. The van der Waals surface area contributed by atoms with E-state index in [4.69, 9.17) is 4.74 Å². The van der Waals surface area contributed by atoms with Crippen LogP contribution in [0, 0.1) is 4.51 Å². The van der Waals surface area contributed by atoms with Crippen molar-refractivity contribution in [2.24, 2.45) is 0 Å². The van der Waals surface area contributed by atoms with Gasteiger partial charge in [-0.1, -0.05) is 42.5 Å². The van der Waals surface area contributed by atoms with Crippen LogP contribution >= 0.6 is 10.8 Å². The van der Waals surface area contributed by atoms with Crippen molar-refractivity contribution >= 4 is 22.8 Å². The van der Waals surface area contributed by atoms with E-state index in [1.807, 2.05) is 36.4 Å². The van der Waals surface area contributed by atoms with Crippen LogP contribution < -0.4 is 5.22 Å². The molecule has 3 rings (SSSR count). The maximum absolute atomic E-state index is 12.1. The van der Waals surface area contributed by atoms with Crippen molar-refractivity contribution in [3.05, 3.63) is 80.9 Å². The molecule has 1 atom stereocenters. The lowest BCUT2D eigenvalue weighted by Gasteiger charge is -2.06. The first-order chi connectivity index (χ1) is 10.2. The zero-order chi connectivity index (χ0) is 14.7. The van der Waals surface area contributed by atoms with Crippen LogP contribution in [0.1, 0.15) is 15.9 Å². The molecule has 0 saturated heterocycles. The quantitative estimate of drug-likeness (QED) is 0.698. The number of carbonyl (C=O) groups is 1. The first-order valence-corrected chi connectivity index (χ1v) is 7.77. The summed E-state index contributed by atoms with van der Waals surface area (Å²) in [5, 5.41) is 2.59. The number of carbonyl (C=O) groups excluding carboxylic acids is 1.